The Balaban J connectivity index is 1.90. The van der Waals surface area contributed by atoms with Gasteiger partial charge in [0.1, 0.15) is 0 Å². The Labute approximate surface area is 125 Å². The zero-order valence-corrected chi connectivity index (χ0v) is 12.4. The van der Waals surface area contributed by atoms with Gasteiger partial charge in [-0.2, -0.15) is 0 Å². The minimum atomic E-state index is -0.427. The minimum Gasteiger partial charge on any atom is -0.494 e. The normalized spacial score (nSPS) is 16.7. The van der Waals surface area contributed by atoms with Crippen molar-refractivity contribution in [1.82, 2.24) is 5.32 Å². The van der Waals surface area contributed by atoms with Crippen LogP contribution >= 0.6 is 0 Å². The van der Waals surface area contributed by atoms with Gasteiger partial charge in [-0.3, -0.25) is 4.79 Å². The van der Waals surface area contributed by atoms with Crippen LogP contribution in [-0.4, -0.2) is 19.1 Å². The molecule has 1 aliphatic rings. The molecular formula is C17H22FNO2. The number of benzene rings is 1. The lowest BCUT2D eigenvalue weighted by molar-refractivity contribution is -0.117. The van der Waals surface area contributed by atoms with Crippen molar-refractivity contribution in [3.63, 3.8) is 0 Å². The monoisotopic (exact) mass is 291 g/mol. The topological polar surface area (TPSA) is 38.3 Å². The Morgan fingerprint density at radius 1 is 1.29 bits per heavy atom. The molecule has 0 spiro atoms. The molecule has 2 rings (SSSR count). The molecule has 0 aromatic heterocycles. The fourth-order valence-electron chi connectivity index (χ4n) is 2.63. The summed E-state index contributed by atoms with van der Waals surface area (Å²) in [4.78, 5) is 11.9. The van der Waals surface area contributed by atoms with Gasteiger partial charge in [-0.05, 0) is 36.6 Å². The first-order valence-electron chi connectivity index (χ1n) is 7.51. The van der Waals surface area contributed by atoms with Crippen molar-refractivity contribution < 1.29 is 13.9 Å². The largest absolute Gasteiger partial charge is 0.494 e. The Hall–Kier alpha value is -1.84. The molecule has 0 bridgehead atoms. The van der Waals surface area contributed by atoms with E-state index >= 15 is 0 Å². The van der Waals surface area contributed by atoms with Crippen molar-refractivity contribution in [3.05, 3.63) is 35.7 Å². The van der Waals surface area contributed by atoms with E-state index in [0.717, 1.165) is 12.8 Å². The summed E-state index contributed by atoms with van der Waals surface area (Å²) >= 11 is 0. The summed E-state index contributed by atoms with van der Waals surface area (Å²) in [6.45, 7) is 0. The molecule has 1 fully saturated rings. The zero-order chi connectivity index (χ0) is 15.1. The molecule has 0 radical (unpaired) electrons. The number of rotatable bonds is 4. The fourth-order valence-corrected chi connectivity index (χ4v) is 2.63. The molecule has 0 unspecified atom stereocenters. The molecule has 0 heterocycles. The van der Waals surface area contributed by atoms with Gasteiger partial charge in [0.15, 0.2) is 11.6 Å². The number of ether oxygens (including phenoxy) is 1. The van der Waals surface area contributed by atoms with E-state index in [9.17, 15) is 9.18 Å². The third kappa shape index (κ3) is 4.88. The van der Waals surface area contributed by atoms with E-state index in [4.69, 9.17) is 4.74 Å². The summed E-state index contributed by atoms with van der Waals surface area (Å²) in [5.41, 5.74) is 0.643. The third-order valence-electron chi connectivity index (χ3n) is 3.80. The maximum Gasteiger partial charge on any atom is 0.244 e. The summed E-state index contributed by atoms with van der Waals surface area (Å²) in [6.07, 6.45) is 10.1. The first kappa shape index (κ1) is 15.5. The molecule has 0 aliphatic heterocycles. The standard InChI is InChI=1S/C17H22FNO2/c1-21-16-10-8-13(12-15(16)18)9-11-17(20)19-14-6-4-2-3-5-7-14/h8-12,14H,2-7H2,1H3,(H,19,20)/b11-9+. The Bertz CT molecular complexity index is 506. The van der Waals surface area contributed by atoms with Crippen LogP contribution < -0.4 is 10.1 Å². The summed E-state index contributed by atoms with van der Waals surface area (Å²) in [7, 11) is 1.42. The highest BCUT2D eigenvalue weighted by Gasteiger charge is 2.13. The minimum absolute atomic E-state index is 0.113. The predicted octanol–water partition coefficient (Wildman–Crippen LogP) is 3.69. The highest BCUT2D eigenvalue weighted by atomic mass is 19.1. The highest BCUT2D eigenvalue weighted by Crippen LogP contribution is 2.19. The van der Waals surface area contributed by atoms with Crippen molar-refractivity contribution in [2.75, 3.05) is 7.11 Å². The van der Waals surface area contributed by atoms with E-state index in [1.165, 1.54) is 44.9 Å². The number of carbonyl (C=O) groups excluding carboxylic acids is 1. The van der Waals surface area contributed by atoms with Gasteiger partial charge in [0.05, 0.1) is 7.11 Å². The average Bonchev–Trinajstić information content (AvgIpc) is 2.74. The molecule has 21 heavy (non-hydrogen) atoms. The van der Waals surface area contributed by atoms with Crippen LogP contribution in [0.15, 0.2) is 24.3 Å². The highest BCUT2D eigenvalue weighted by molar-refractivity contribution is 5.91. The molecule has 1 N–H and O–H groups in total. The van der Waals surface area contributed by atoms with Gasteiger partial charge >= 0.3 is 0 Å². The summed E-state index contributed by atoms with van der Waals surface area (Å²) in [5, 5.41) is 3.02. The smallest absolute Gasteiger partial charge is 0.244 e. The van der Waals surface area contributed by atoms with Gasteiger partial charge in [-0.25, -0.2) is 4.39 Å². The van der Waals surface area contributed by atoms with Crippen molar-refractivity contribution >= 4 is 12.0 Å². The SMILES string of the molecule is COc1ccc(/C=C/C(=O)NC2CCCCCC2)cc1F. The van der Waals surface area contributed by atoms with Gasteiger partial charge in [0, 0.05) is 12.1 Å². The number of carbonyl (C=O) groups is 1. The molecule has 0 saturated heterocycles. The lowest BCUT2D eigenvalue weighted by Crippen LogP contribution is -2.33. The van der Waals surface area contributed by atoms with E-state index < -0.39 is 5.82 Å². The van der Waals surface area contributed by atoms with Crippen molar-refractivity contribution in [2.45, 2.75) is 44.6 Å². The number of halogens is 1. The number of hydrogen-bond acceptors (Lipinski definition) is 2. The Morgan fingerprint density at radius 3 is 2.62 bits per heavy atom. The van der Waals surface area contributed by atoms with Crippen molar-refractivity contribution in [2.24, 2.45) is 0 Å². The van der Waals surface area contributed by atoms with E-state index in [1.54, 1.807) is 18.2 Å². The Kier molecular flexibility index (Phi) is 5.78. The van der Waals surface area contributed by atoms with Gasteiger partial charge in [0.2, 0.25) is 5.91 Å². The predicted molar refractivity (Wildman–Crippen MR) is 81.6 cm³/mol. The first-order valence-corrected chi connectivity index (χ1v) is 7.51. The summed E-state index contributed by atoms with van der Waals surface area (Å²) < 4.78 is 18.4. The Morgan fingerprint density at radius 2 is 2.00 bits per heavy atom. The van der Waals surface area contributed by atoms with Crippen molar-refractivity contribution in [1.29, 1.82) is 0 Å². The second-order valence-corrected chi connectivity index (χ2v) is 5.42. The first-order chi connectivity index (χ1) is 10.2. The summed E-state index contributed by atoms with van der Waals surface area (Å²) in [6, 6.07) is 4.90. The maximum atomic E-state index is 13.5. The number of hydrogen-bond donors (Lipinski definition) is 1. The zero-order valence-electron chi connectivity index (χ0n) is 12.4. The molecule has 1 saturated carbocycles. The van der Waals surface area contributed by atoms with Crippen LogP contribution in [0.5, 0.6) is 5.75 Å². The van der Waals surface area contributed by atoms with Gasteiger partial charge in [-0.15, -0.1) is 0 Å². The molecule has 1 amide bonds. The van der Waals surface area contributed by atoms with Crippen LogP contribution in [0.2, 0.25) is 0 Å². The molecule has 114 valence electrons. The fraction of sp³-hybridized carbons (Fsp3) is 0.471. The lowest BCUT2D eigenvalue weighted by atomic mass is 10.1. The van der Waals surface area contributed by atoms with Crippen LogP contribution in [0, 0.1) is 5.82 Å². The number of nitrogens with one attached hydrogen (secondary N) is 1. The molecule has 1 aromatic rings. The van der Waals surface area contributed by atoms with Crippen LogP contribution in [0.1, 0.15) is 44.1 Å². The van der Waals surface area contributed by atoms with E-state index in [2.05, 4.69) is 5.32 Å². The van der Waals surface area contributed by atoms with Gasteiger partial charge in [0.25, 0.3) is 0 Å². The van der Waals surface area contributed by atoms with Crippen LogP contribution in [-0.2, 0) is 4.79 Å². The molecule has 4 heteroatoms. The van der Waals surface area contributed by atoms with Crippen LogP contribution in [0.25, 0.3) is 6.08 Å². The second kappa shape index (κ2) is 7.81. The maximum absolute atomic E-state index is 13.5. The van der Waals surface area contributed by atoms with E-state index in [1.807, 2.05) is 0 Å². The van der Waals surface area contributed by atoms with Crippen LogP contribution in [0.4, 0.5) is 4.39 Å². The van der Waals surface area contributed by atoms with Gasteiger partial charge < -0.3 is 10.1 Å². The molecule has 0 atom stereocenters. The molecular weight excluding hydrogens is 269 g/mol. The van der Waals surface area contributed by atoms with Gasteiger partial charge in [-0.1, -0.05) is 31.7 Å². The molecule has 1 aromatic carbocycles. The van der Waals surface area contributed by atoms with Crippen molar-refractivity contribution in [3.8, 4) is 5.75 Å². The number of methoxy groups -OCH3 is 1. The number of amides is 1. The molecule has 3 nitrogen and oxygen atoms in total. The van der Waals surface area contributed by atoms with E-state index in [0.29, 0.717) is 5.56 Å². The quantitative estimate of drug-likeness (QED) is 0.678. The average molecular weight is 291 g/mol. The van der Waals surface area contributed by atoms with Crippen LogP contribution in [0.3, 0.4) is 0 Å². The van der Waals surface area contributed by atoms with E-state index in [-0.39, 0.29) is 17.7 Å². The summed E-state index contributed by atoms with van der Waals surface area (Å²) in [5.74, 6) is -0.336. The third-order valence-corrected chi connectivity index (χ3v) is 3.80. The molecule has 1 aliphatic carbocycles. The lowest BCUT2D eigenvalue weighted by Gasteiger charge is -2.14. The second-order valence-electron chi connectivity index (χ2n) is 5.42.